The van der Waals surface area contributed by atoms with Crippen LogP contribution in [0.4, 0.5) is 5.69 Å². The molecule has 1 unspecified atom stereocenters. The predicted molar refractivity (Wildman–Crippen MR) is 65.4 cm³/mol. The number of nitriles is 1. The zero-order valence-corrected chi connectivity index (χ0v) is 10.6. The molecule has 0 aliphatic carbocycles. The normalized spacial score (nSPS) is 11.9. The lowest BCUT2D eigenvalue weighted by Crippen LogP contribution is -2.23. The van der Waals surface area contributed by atoms with Gasteiger partial charge in [-0.2, -0.15) is 5.26 Å². The molecule has 0 saturated heterocycles. The van der Waals surface area contributed by atoms with Crippen molar-refractivity contribution in [1.29, 1.82) is 5.26 Å². The van der Waals surface area contributed by atoms with Gasteiger partial charge in [0.25, 0.3) is 0 Å². The maximum atomic E-state index is 9.18. The van der Waals surface area contributed by atoms with Crippen LogP contribution in [0.2, 0.25) is 5.02 Å². The van der Waals surface area contributed by atoms with Crippen molar-refractivity contribution in [2.45, 2.75) is 6.10 Å². The topological polar surface area (TPSA) is 76.3 Å². The predicted octanol–water partition coefficient (Wildman–Crippen LogP) is 1.74. The molecule has 0 heterocycles. The average molecular weight is 306 g/mol. The van der Waals surface area contributed by atoms with Crippen LogP contribution in [0.1, 0.15) is 5.56 Å². The summed E-state index contributed by atoms with van der Waals surface area (Å²) in [5, 5.41) is 29.8. The number of anilines is 1. The molecule has 1 rings (SSSR count). The monoisotopic (exact) mass is 304 g/mol. The Bertz CT molecular complexity index is 397. The fraction of sp³-hybridized carbons (Fsp3) is 0.300. The third-order valence-corrected chi connectivity index (χ3v) is 2.82. The van der Waals surface area contributed by atoms with Crippen molar-refractivity contribution < 1.29 is 10.2 Å². The average Bonchev–Trinajstić information content (AvgIpc) is 2.27. The first kappa shape index (κ1) is 13.3. The maximum Gasteiger partial charge on any atom is 0.0992 e. The summed E-state index contributed by atoms with van der Waals surface area (Å²) >= 11 is 9.22. The summed E-state index contributed by atoms with van der Waals surface area (Å²) in [4.78, 5) is 0. The Hall–Kier alpha value is -0.800. The van der Waals surface area contributed by atoms with E-state index in [9.17, 15) is 5.11 Å². The van der Waals surface area contributed by atoms with Crippen LogP contribution in [0.3, 0.4) is 0 Å². The summed E-state index contributed by atoms with van der Waals surface area (Å²) in [6, 6.07) is 5.13. The maximum absolute atomic E-state index is 9.18. The van der Waals surface area contributed by atoms with Gasteiger partial charge in [0.05, 0.1) is 35.1 Å². The minimum Gasteiger partial charge on any atom is -0.394 e. The van der Waals surface area contributed by atoms with Crippen LogP contribution in [-0.4, -0.2) is 29.5 Å². The van der Waals surface area contributed by atoms with Crippen molar-refractivity contribution in [2.24, 2.45) is 0 Å². The van der Waals surface area contributed by atoms with Gasteiger partial charge in [0.1, 0.15) is 0 Å². The fourth-order valence-corrected chi connectivity index (χ4v) is 2.09. The van der Waals surface area contributed by atoms with Crippen LogP contribution in [0.5, 0.6) is 0 Å². The number of nitrogens with zero attached hydrogens (tertiary/aromatic N) is 1. The third-order valence-electron chi connectivity index (χ3n) is 1.90. The molecule has 0 amide bonds. The zero-order chi connectivity index (χ0) is 12.1. The Morgan fingerprint density at radius 3 is 2.75 bits per heavy atom. The smallest absolute Gasteiger partial charge is 0.0992 e. The third kappa shape index (κ3) is 3.35. The van der Waals surface area contributed by atoms with Gasteiger partial charge in [-0.25, -0.2) is 0 Å². The van der Waals surface area contributed by atoms with Crippen LogP contribution in [0, 0.1) is 11.3 Å². The van der Waals surface area contributed by atoms with Crippen molar-refractivity contribution in [1.82, 2.24) is 0 Å². The zero-order valence-electron chi connectivity index (χ0n) is 8.24. The van der Waals surface area contributed by atoms with Crippen molar-refractivity contribution in [3.63, 3.8) is 0 Å². The van der Waals surface area contributed by atoms with E-state index < -0.39 is 6.10 Å². The lowest BCUT2D eigenvalue weighted by molar-refractivity contribution is 0.105. The molecule has 4 nitrogen and oxygen atoms in total. The molecule has 6 heteroatoms. The van der Waals surface area contributed by atoms with Gasteiger partial charge in [-0.1, -0.05) is 11.6 Å². The van der Waals surface area contributed by atoms with Gasteiger partial charge >= 0.3 is 0 Å². The quantitative estimate of drug-likeness (QED) is 0.792. The van der Waals surface area contributed by atoms with Crippen molar-refractivity contribution in [3.05, 3.63) is 27.2 Å². The lowest BCUT2D eigenvalue weighted by atomic mass is 10.2. The van der Waals surface area contributed by atoms with Gasteiger partial charge in [-0.3, -0.25) is 0 Å². The van der Waals surface area contributed by atoms with E-state index in [2.05, 4.69) is 21.2 Å². The van der Waals surface area contributed by atoms with E-state index in [0.717, 1.165) is 0 Å². The second-order valence-electron chi connectivity index (χ2n) is 3.14. The highest BCUT2D eigenvalue weighted by Gasteiger charge is 2.09. The molecule has 0 aliphatic heterocycles. The summed E-state index contributed by atoms with van der Waals surface area (Å²) in [7, 11) is 0. The van der Waals surface area contributed by atoms with Crippen molar-refractivity contribution >= 4 is 33.2 Å². The second kappa shape index (κ2) is 6.06. The molecule has 1 atom stereocenters. The van der Waals surface area contributed by atoms with Gasteiger partial charge in [0.15, 0.2) is 0 Å². The Morgan fingerprint density at radius 2 is 2.25 bits per heavy atom. The lowest BCUT2D eigenvalue weighted by Gasteiger charge is -2.13. The number of halogens is 2. The highest BCUT2D eigenvalue weighted by atomic mass is 79.9. The molecule has 0 spiro atoms. The van der Waals surface area contributed by atoms with Gasteiger partial charge < -0.3 is 15.5 Å². The molecule has 16 heavy (non-hydrogen) atoms. The van der Waals surface area contributed by atoms with E-state index >= 15 is 0 Å². The molecule has 3 N–H and O–H groups in total. The first-order chi connectivity index (χ1) is 7.58. The van der Waals surface area contributed by atoms with E-state index in [4.69, 9.17) is 22.0 Å². The van der Waals surface area contributed by atoms with E-state index in [-0.39, 0.29) is 13.2 Å². The van der Waals surface area contributed by atoms with Crippen molar-refractivity contribution in [3.8, 4) is 6.07 Å². The summed E-state index contributed by atoms with van der Waals surface area (Å²) in [5.41, 5.74) is 1.04. The van der Waals surface area contributed by atoms with Crippen LogP contribution >= 0.6 is 27.5 Å². The minimum atomic E-state index is -0.849. The summed E-state index contributed by atoms with van der Waals surface area (Å²) in [6.45, 7) is -0.140. The van der Waals surface area contributed by atoms with Crippen LogP contribution in [0.25, 0.3) is 0 Å². The number of hydrogen-bond acceptors (Lipinski definition) is 4. The van der Waals surface area contributed by atoms with Gasteiger partial charge in [0, 0.05) is 11.0 Å². The molecule has 0 fully saturated rings. The molecule has 86 valence electrons. The SMILES string of the molecule is N#Cc1cc(Cl)c(NCC(O)CO)c(Br)c1. The van der Waals surface area contributed by atoms with Crippen LogP contribution < -0.4 is 5.32 Å². The largest absolute Gasteiger partial charge is 0.394 e. The Kier molecular flexibility index (Phi) is 5.03. The number of aliphatic hydroxyl groups is 2. The second-order valence-corrected chi connectivity index (χ2v) is 4.41. The molecule has 0 saturated carbocycles. The van der Waals surface area contributed by atoms with E-state index in [1.807, 2.05) is 6.07 Å². The van der Waals surface area contributed by atoms with E-state index in [1.165, 1.54) is 6.07 Å². The van der Waals surface area contributed by atoms with E-state index in [0.29, 0.717) is 20.7 Å². The molecular formula is C10H10BrClN2O2. The number of rotatable bonds is 4. The Labute approximate surface area is 107 Å². The van der Waals surface area contributed by atoms with Crippen molar-refractivity contribution in [2.75, 3.05) is 18.5 Å². The number of aliphatic hydroxyl groups excluding tert-OH is 2. The molecular weight excluding hydrogens is 295 g/mol. The Morgan fingerprint density at radius 1 is 1.56 bits per heavy atom. The summed E-state index contributed by atoms with van der Waals surface area (Å²) in [5.74, 6) is 0. The van der Waals surface area contributed by atoms with Gasteiger partial charge in [-0.15, -0.1) is 0 Å². The number of hydrogen-bond donors (Lipinski definition) is 3. The minimum absolute atomic E-state index is 0.181. The fourth-order valence-electron chi connectivity index (χ4n) is 1.09. The standard InChI is InChI=1S/C10H10BrClN2O2/c11-8-1-6(3-13)2-9(12)10(8)14-4-7(16)5-15/h1-2,7,14-16H,4-5H2. The van der Waals surface area contributed by atoms with Gasteiger partial charge in [-0.05, 0) is 28.1 Å². The summed E-state index contributed by atoms with van der Waals surface area (Å²) < 4.78 is 0.640. The molecule has 0 bridgehead atoms. The molecule has 1 aromatic rings. The van der Waals surface area contributed by atoms with Crippen LogP contribution in [-0.2, 0) is 0 Å². The first-order valence-corrected chi connectivity index (χ1v) is 5.67. The molecule has 0 aromatic heterocycles. The molecule has 0 radical (unpaired) electrons. The van der Waals surface area contributed by atoms with E-state index in [1.54, 1.807) is 6.07 Å². The summed E-state index contributed by atoms with van der Waals surface area (Å²) in [6.07, 6.45) is -0.849. The Balaban J connectivity index is 2.85. The highest BCUT2D eigenvalue weighted by molar-refractivity contribution is 9.10. The molecule has 0 aliphatic rings. The molecule has 1 aromatic carbocycles. The van der Waals surface area contributed by atoms with Crippen LogP contribution in [0.15, 0.2) is 16.6 Å². The van der Waals surface area contributed by atoms with Gasteiger partial charge in [0.2, 0.25) is 0 Å². The number of nitrogens with one attached hydrogen (secondary N) is 1. The number of benzene rings is 1. The highest BCUT2D eigenvalue weighted by Crippen LogP contribution is 2.31. The first-order valence-electron chi connectivity index (χ1n) is 4.50.